The van der Waals surface area contributed by atoms with E-state index in [1.807, 2.05) is 22.6 Å². The van der Waals surface area contributed by atoms with Crippen LogP contribution in [-0.4, -0.2) is 44.7 Å². The SMILES string of the molecule is Cc1cc(C(=O)N2CCC(N)C(C)(C)C2)c2cnn(C(C)C)c2n1. The van der Waals surface area contributed by atoms with Gasteiger partial charge in [-0.3, -0.25) is 4.79 Å². The lowest BCUT2D eigenvalue weighted by molar-refractivity contribution is 0.0534. The van der Waals surface area contributed by atoms with E-state index in [9.17, 15) is 4.79 Å². The van der Waals surface area contributed by atoms with Crippen LogP contribution in [0.15, 0.2) is 12.3 Å². The highest BCUT2D eigenvalue weighted by molar-refractivity contribution is 6.05. The third kappa shape index (κ3) is 2.79. The number of aromatic nitrogens is 3. The molecule has 3 heterocycles. The number of amides is 1. The van der Waals surface area contributed by atoms with E-state index in [1.165, 1.54) is 0 Å². The number of fused-ring (bicyclic) bond motifs is 1. The van der Waals surface area contributed by atoms with Crippen molar-refractivity contribution in [2.24, 2.45) is 11.1 Å². The van der Waals surface area contributed by atoms with Gasteiger partial charge in [0.2, 0.25) is 0 Å². The van der Waals surface area contributed by atoms with Crippen molar-refractivity contribution in [1.29, 1.82) is 0 Å². The molecular weight excluding hydrogens is 302 g/mol. The van der Waals surface area contributed by atoms with E-state index >= 15 is 0 Å². The number of likely N-dealkylation sites (tertiary alicyclic amines) is 1. The molecule has 6 nitrogen and oxygen atoms in total. The summed E-state index contributed by atoms with van der Waals surface area (Å²) in [5, 5.41) is 5.25. The molecule has 0 spiro atoms. The van der Waals surface area contributed by atoms with E-state index in [0.29, 0.717) is 18.7 Å². The monoisotopic (exact) mass is 329 g/mol. The number of aryl methyl sites for hydroxylation is 1. The zero-order chi connectivity index (χ0) is 17.6. The van der Waals surface area contributed by atoms with Crippen LogP contribution in [0.4, 0.5) is 0 Å². The van der Waals surface area contributed by atoms with Crippen LogP contribution in [0, 0.1) is 12.3 Å². The smallest absolute Gasteiger partial charge is 0.254 e. The zero-order valence-electron chi connectivity index (χ0n) is 15.2. The highest BCUT2D eigenvalue weighted by Gasteiger charge is 2.36. The lowest BCUT2D eigenvalue weighted by Crippen LogP contribution is -2.54. The highest BCUT2D eigenvalue weighted by Crippen LogP contribution is 2.30. The molecule has 1 aliphatic rings. The molecule has 1 atom stereocenters. The van der Waals surface area contributed by atoms with Crippen molar-refractivity contribution in [3.05, 3.63) is 23.5 Å². The predicted octanol–water partition coefficient (Wildman–Crippen LogP) is 2.52. The number of pyridine rings is 1. The maximum absolute atomic E-state index is 13.2. The molecule has 1 unspecified atom stereocenters. The minimum Gasteiger partial charge on any atom is -0.338 e. The van der Waals surface area contributed by atoms with Crippen LogP contribution >= 0.6 is 0 Å². The Kier molecular flexibility index (Phi) is 4.11. The molecule has 130 valence electrons. The molecule has 1 aliphatic heterocycles. The molecule has 1 saturated heterocycles. The van der Waals surface area contributed by atoms with Gasteiger partial charge in [0.05, 0.1) is 17.1 Å². The molecule has 0 aromatic carbocycles. The first-order chi connectivity index (χ1) is 11.2. The zero-order valence-corrected chi connectivity index (χ0v) is 15.2. The van der Waals surface area contributed by atoms with Crippen molar-refractivity contribution in [2.75, 3.05) is 13.1 Å². The van der Waals surface area contributed by atoms with Gasteiger partial charge in [-0.1, -0.05) is 13.8 Å². The fraction of sp³-hybridized carbons (Fsp3) is 0.611. The third-order valence-electron chi connectivity index (χ3n) is 5.01. The van der Waals surface area contributed by atoms with E-state index in [2.05, 4.69) is 37.8 Å². The van der Waals surface area contributed by atoms with Gasteiger partial charge in [0, 0.05) is 30.9 Å². The maximum Gasteiger partial charge on any atom is 0.254 e. The average Bonchev–Trinajstić information content (AvgIpc) is 2.92. The number of carbonyl (C=O) groups is 1. The van der Waals surface area contributed by atoms with Crippen LogP contribution in [-0.2, 0) is 0 Å². The summed E-state index contributed by atoms with van der Waals surface area (Å²) in [5.74, 6) is 0.0498. The van der Waals surface area contributed by atoms with Crippen LogP contribution in [0.3, 0.4) is 0 Å². The Morgan fingerprint density at radius 3 is 2.75 bits per heavy atom. The van der Waals surface area contributed by atoms with Gasteiger partial charge in [-0.15, -0.1) is 0 Å². The molecule has 0 aliphatic carbocycles. The Balaban J connectivity index is 2.01. The first-order valence-corrected chi connectivity index (χ1v) is 8.60. The summed E-state index contributed by atoms with van der Waals surface area (Å²) in [6.07, 6.45) is 2.59. The van der Waals surface area contributed by atoms with Crippen LogP contribution in [0.1, 0.15) is 56.2 Å². The molecule has 1 fully saturated rings. The molecule has 2 aromatic heterocycles. The fourth-order valence-corrected chi connectivity index (χ4v) is 3.42. The second-order valence-corrected chi connectivity index (χ2v) is 7.84. The lowest BCUT2D eigenvalue weighted by atomic mass is 9.79. The van der Waals surface area contributed by atoms with Crippen LogP contribution < -0.4 is 5.73 Å². The molecule has 2 N–H and O–H groups in total. The number of hydrogen-bond acceptors (Lipinski definition) is 4. The highest BCUT2D eigenvalue weighted by atomic mass is 16.2. The Morgan fingerprint density at radius 2 is 2.12 bits per heavy atom. The van der Waals surface area contributed by atoms with Crippen molar-refractivity contribution in [3.8, 4) is 0 Å². The summed E-state index contributed by atoms with van der Waals surface area (Å²) in [6, 6.07) is 2.20. The fourth-order valence-electron chi connectivity index (χ4n) is 3.42. The predicted molar refractivity (Wildman–Crippen MR) is 94.9 cm³/mol. The summed E-state index contributed by atoms with van der Waals surface area (Å²) in [4.78, 5) is 19.7. The van der Waals surface area contributed by atoms with Gasteiger partial charge in [-0.25, -0.2) is 9.67 Å². The topological polar surface area (TPSA) is 77.0 Å². The molecule has 3 rings (SSSR count). The molecule has 2 aromatic rings. The largest absolute Gasteiger partial charge is 0.338 e. The van der Waals surface area contributed by atoms with E-state index < -0.39 is 0 Å². The molecule has 0 radical (unpaired) electrons. The van der Waals surface area contributed by atoms with Crippen LogP contribution in [0.5, 0.6) is 0 Å². The number of rotatable bonds is 2. The second kappa shape index (κ2) is 5.84. The number of carbonyl (C=O) groups excluding carboxylic acids is 1. The third-order valence-corrected chi connectivity index (χ3v) is 5.01. The van der Waals surface area contributed by atoms with Crippen LogP contribution in [0.25, 0.3) is 11.0 Å². The summed E-state index contributed by atoms with van der Waals surface area (Å²) in [5.41, 5.74) is 8.44. The minimum atomic E-state index is -0.0722. The first-order valence-electron chi connectivity index (χ1n) is 8.60. The van der Waals surface area contributed by atoms with Crippen molar-refractivity contribution < 1.29 is 4.79 Å². The van der Waals surface area contributed by atoms with E-state index in [0.717, 1.165) is 23.1 Å². The van der Waals surface area contributed by atoms with E-state index in [1.54, 1.807) is 6.20 Å². The van der Waals surface area contributed by atoms with Crippen molar-refractivity contribution >= 4 is 16.9 Å². The van der Waals surface area contributed by atoms with Crippen molar-refractivity contribution in [3.63, 3.8) is 0 Å². The van der Waals surface area contributed by atoms with Crippen molar-refractivity contribution in [2.45, 2.75) is 53.1 Å². The summed E-state index contributed by atoms with van der Waals surface area (Å²) in [7, 11) is 0. The molecular formula is C18H27N5O. The molecule has 6 heteroatoms. The van der Waals surface area contributed by atoms with Gasteiger partial charge in [-0.2, -0.15) is 5.10 Å². The molecule has 0 saturated carbocycles. The molecule has 1 amide bonds. The molecule has 0 bridgehead atoms. The van der Waals surface area contributed by atoms with E-state index in [-0.39, 0.29) is 23.4 Å². The Hall–Kier alpha value is -1.95. The first kappa shape index (κ1) is 16.9. The average molecular weight is 329 g/mol. The number of nitrogens with zero attached hydrogens (tertiary/aromatic N) is 4. The normalized spacial score (nSPS) is 20.8. The second-order valence-electron chi connectivity index (χ2n) is 7.84. The van der Waals surface area contributed by atoms with Gasteiger partial charge < -0.3 is 10.6 Å². The lowest BCUT2D eigenvalue weighted by Gasteiger charge is -2.42. The van der Waals surface area contributed by atoms with Gasteiger partial charge in [0.15, 0.2) is 5.65 Å². The van der Waals surface area contributed by atoms with Gasteiger partial charge in [0.1, 0.15) is 0 Å². The quantitative estimate of drug-likeness (QED) is 0.918. The van der Waals surface area contributed by atoms with E-state index in [4.69, 9.17) is 5.73 Å². The van der Waals surface area contributed by atoms with Gasteiger partial charge in [-0.05, 0) is 38.7 Å². The number of piperidine rings is 1. The number of hydrogen-bond donors (Lipinski definition) is 1. The summed E-state index contributed by atoms with van der Waals surface area (Å²) in [6.45, 7) is 11.7. The van der Waals surface area contributed by atoms with Crippen LogP contribution in [0.2, 0.25) is 0 Å². The summed E-state index contributed by atoms with van der Waals surface area (Å²) < 4.78 is 1.87. The standard InChI is InChI=1S/C18H27N5O/c1-11(2)23-16-14(9-20-23)13(8-12(3)21-16)17(24)22-7-6-15(19)18(4,5)10-22/h8-9,11,15H,6-7,10,19H2,1-5H3. The Morgan fingerprint density at radius 1 is 1.42 bits per heavy atom. The molecule has 24 heavy (non-hydrogen) atoms. The van der Waals surface area contributed by atoms with Crippen molar-refractivity contribution in [1.82, 2.24) is 19.7 Å². The Labute approximate surface area is 143 Å². The maximum atomic E-state index is 13.2. The summed E-state index contributed by atoms with van der Waals surface area (Å²) >= 11 is 0. The Bertz CT molecular complexity index is 777. The minimum absolute atomic E-state index is 0.0498. The van der Waals surface area contributed by atoms with Gasteiger partial charge >= 0.3 is 0 Å². The van der Waals surface area contributed by atoms with Gasteiger partial charge in [0.25, 0.3) is 5.91 Å². The number of nitrogens with two attached hydrogens (primary N) is 1.